The number of Topliss-reactive ketones (excluding diaryl/α,β-unsaturated/α-hetero) is 1. The van der Waals surface area contributed by atoms with Gasteiger partial charge in [0.05, 0.1) is 33.0 Å². The summed E-state index contributed by atoms with van der Waals surface area (Å²) in [7, 11) is 0. The number of hydrogen-bond donors (Lipinski definition) is 12. The zero-order valence-corrected chi connectivity index (χ0v) is 25.5. The van der Waals surface area contributed by atoms with Crippen molar-refractivity contribution in [2.24, 2.45) is 0 Å². The Morgan fingerprint density at radius 2 is 1.27 bits per heavy atom. The normalized spacial score (nSPS) is 53.4. The number of ether oxygens (including phenoxy) is 9. The van der Waals surface area contributed by atoms with Gasteiger partial charge in [-0.05, 0) is 0 Å². The molecule has 49 heavy (non-hydrogen) atoms. The van der Waals surface area contributed by atoms with Crippen LogP contribution in [-0.2, 0) is 47.4 Å². The molecule has 0 aromatic heterocycles. The summed E-state index contributed by atoms with van der Waals surface area (Å²) in [5.74, 6) is -4.53. The smallest absolute Gasteiger partial charge is 0.262 e. The first kappa shape index (κ1) is 37.6. The Kier molecular flexibility index (Phi) is 11.3. The number of rotatable bonds is 11. The minimum atomic E-state index is -3.03. The summed E-state index contributed by atoms with van der Waals surface area (Å²) in [6.07, 6.45) is -32.6. The van der Waals surface area contributed by atoms with E-state index >= 15 is 0 Å². The second kappa shape index (κ2) is 14.7. The molecule has 6 heterocycles. The van der Waals surface area contributed by atoms with Gasteiger partial charge in [0.25, 0.3) is 5.79 Å². The number of carbonyl (C=O) groups excluding carboxylic acids is 1. The molecule has 1 unspecified atom stereocenters. The highest BCUT2D eigenvalue weighted by Crippen LogP contribution is 2.41. The summed E-state index contributed by atoms with van der Waals surface area (Å²) in [6, 6.07) is 0. The van der Waals surface area contributed by atoms with Gasteiger partial charge in [-0.25, -0.2) is 0 Å². The molecular weight excluding hydrogens is 676 g/mol. The van der Waals surface area contributed by atoms with Gasteiger partial charge in [-0.2, -0.15) is 0 Å². The summed E-state index contributed by atoms with van der Waals surface area (Å²) < 4.78 is 50.5. The lowest BCUT2D eigenvalue weighted by Crippen LogP contribution is -2.73. The molecule has 0 radical (unpaired) electrons. The van der Waals surface area contributed by atoms with Gasteiger partial charge in [0.1, 0.15) is 104 Å². The minimum Gasteiger partial charge on any atom is -0.394 e. The molecule has 0 spiro atoms. The largest absolute Gasteiger partial charge is 0.394 e. The third-order valence-corrected chi connectivity index (χ3v) is 9.64. The molecule has 282 valence electrons. The monoisotopic (exact) mass is 718 g/mol. The van der Waals surface area contributed by atoms with Crippen molar-refractivity contribution in [3.63, 3.8) is 0 Å². The summed E-state index contributed by atoms with van der Waals surface area (Å²) in [6.45, 7) is -3.36. The van der Waals surface area contributed by atoms with Gasteiger partial charge in [-0.1, -0.05) is 0 Å². The van der Waals surface area contributed by atoms with Gasteiger partial charge in [0.15, 0.2) is 18.9 Å². The lowest BCUT2D eigenvalue weighted by molar-refractivity contribution is -0.387. The molecule has 6 saturated heterocycles. The third-order valence-electron chi connectivity index (χ3n) is 9.64. The molecule has 6 aliphatic rings. The van der Waals surface area contributed by atoms with E-state index in [-0.39, 0.29) is 13.2 Å². The van der Waals surface area contributed by atoms with Crippen LogP contribution in [0.4, 0.5) is 0 Å². The highest BCUT2D eigenvalue weighted by molar-refractivity contribution is 5.91. The molecule has 0 aliphatic carbocycles. The Morgan fingerprint density at radius 1 is 0.673 bits per heavy atom. The van der Waals surface area contributed by atoms with Crippen LogP contribution in [0.15, 0.2) is 0 Å². The van der Waals surface area contributed by atoms with Gasteiger partial charge in [-0.15, -0.1) is 0 Å². The van der Waals surface area contributed by atoms with E-state index < -0.39 is 154 Å². The zero-order valence-electron chi connectivity index (χ0n) is 25.5. The first-order valence-electron chi connectivity index (χ1n) is 15.6. The molecule has 0 saturated carbocycles. The van der Waals surface area contributed by atoms with E-state index in [1.807, 2.05) is 0 Å². The maximum absolute atomic E-state index is 13.3. The summed E-state index contributed by atoms with van der Waals surface area (Å²) in [5, 5.41) is 124. The Bertz CT molecular complexity index is 1150. The van der Waals surface area contributed by atoms with E-state index in [2.05, 4.69) is 0 Å². The van der Waals surface area contributed by atoms with Gasteiger partial charge < -0.3 is 104 Å². The van der Waals surface area contributed by atoms with Crippen molar-refractivity contribution in [3.05, 3.63) is 0 Å². The fourth-order valence-electron chi connectivity index (χ4n) is 6.94. The van der Waals surface area contributed by atoms with Gasteiger partial charge in [0.2, 0.25) is 5.78 Å². The molecule has 0 amide bonds. The second-order valence-electron chi connectivity index (χ2n) is 12.7. The third kappa shape index (κ3) is 6.45. The molecule has 12 N–H and O–H groups in total. The topological polar surface area (TPSA) is 343 Å². The van der Waals surface area contributed by atoms with Gasteiger partial charge in [0, 0.05) is 0 Å². The van der Waals surface area contributed by atoms with Crippen LogP contribution in [-0.4, -0.2) is 229 Å². The number of aliphatic hydroxyl groups is 12. The van der Waals surface area contributed by atoms with E-state index in [4.69, 9.17) is 42.6 Å². The molecule has 4 bridgehead atoms. The van der Waals surface area contributed by atoms with Gasteiger partial charge >= 0.3 is 0 Å². The molecule has 22 heteroatoms. The van der Waals surface area contributed by atoms with Crippen molar-refractivity contribution >= 4 is 5.78 Å². The van der Waals surface area contributed by atoms with E-state index in [1.54, 1.807) is 0 Å². The van der Waals surface area contributed by atoms with Crippen LogP contribution >= 0.6 is 0 Å². The Hall–Kier alpha value is -1.17. The van der Waals surface area contributed by atoms with Crippen LogP contribution in [0.5, 0.6) is 0 Å². The standard InChI is InChI=1S/C27H42O22/c28-1-6(31)22(38)27(23(39)13(34)11(32)8(3-30)48-27)49-18-10-5-42-21(18)16(37)26(45-10)47-19-12(33)7(2-29)44-25(15(19)36)46-17-9-4-41-20(17)14(35)24(40)43-9/h6-21,23-26,28-37,39-40H,1-5H2/t6?,7-,8-,9+,10+,11+,12-,13+,14+,15-,16+,17+,18+,19+,20+,21+,23-,24-,25+,26+,27-/m1/s1. The maximum Gasteiger partial charge on any atom is 0.262 e. The van der Waals surface area contributed by atoms with Crippen molar-refractivity contribution in [3.8, 4) is 0 Å². The fourth-order valence-corrected chi connectivity index (χ4v) is 6.94. The SMILES string of the molecule is O=C(C(O)CO)[C@]1(O[C@@H]2[C@H]3OC[C@@H]2O[C@@H](O[C@@H]2[C@@H](O)[C@H](O[C@@H]4[C@H]5OC[C@@H]4O[C@@H](O)[C@H]5O)O[C@H](CO)[C@H]2O)[C@H]3O)O[C@H](CO)[C@H](O)[C@H](O)[C@H]1O. The predicted octanol–water partition coefficient (Wildman–Crippen LogP) is -9.37. The maximum atomic E-state index is 13.3. The van der Waals surface area contributed by atoms with Crippen LogP contribution in [0.25, 0.3) is 0 Å². The van der Waals surface area contributed by atoms with Crippen LogP contribution in [0.1, 0.15) is 0 Å². The first-order valence-corrected chi connectivity index (χ1v) is 15.6. The summed E-state index contributed by atoms with van der Waals surface area (Å²) in [5.41, 5.74) is 0. The first-order chi connectivity index (χ1) is 23.3. The highest BCUT2D eigenvalue weighted by Gasteiger charge is 2.65. The van der Waals surface area contributed by atoms with Crippen LogP contribution < -0.4 is 0 Å². The van der Waals surface area contributed by atoms with Crippen molar-refractivity contribution in [2.45, 2.75) is 128 Å². The molecule has 0 aromatic carbocycles. The zero-order chi connectivity index (χ0) is 35.5. The quantitative estimate of drug-likeness (QED) is 0.0943. The number of carbonyl (C=O) groups is 1. The molecule has 6 rings (SSSR count). The van der Waals surface area contributed by atoms with Gasteiger partial charge in [-0.3, -0.25) is 4.79 Å². The Balaban J connectivity index is 1.19. The van der Waals surface area contributed by atoms with Crippen LogP contribution in [0, 0.1) is 0 Å². The van der Waals surface area contributed by atoms with E-state index in [0.29, 0.717) is 0 Å². The molecule has 6 fully saturated rings. The van der Waals surface area contributed by atoms with E-state index in [9.17, 15) is 66.1 Å². The molecular formula is C27H42O22. The molecule has 21 atom stereocenters. The summed E-state index contributed by atoms with van der Waals surface area (Å²) >= 11 is 0. The Morgan fingerprint density at radius 3 is 1.90 bits per heavy atom. The number of hydrogen-bond acceptors (Lipinski definition) is 22. The van der Waals surface area contributed by atoms with Crippen molar-refractivity contribution < 1.29 is 109 Å². The van der Waals surface area contributed by atoms with Crippen LogP contribution in [0.3, 0.4) is 0 Å². The number of ketones is 1. The average Bonchev–Trinajstić information content (AvgIpc) is 3.58. The number of fused-ring (bicyclic) bond motifs is 4. The molecule has 6 aliphatic heterocycles. The van der Waals surface area contributed by atoms with Crippen molar-refractivity contribution in [2.75, 3.05) is 33.0 Å². The predicted molar refractivity (Wildman–Crippen MR) is 144 cm³/mol. The lowest BCUT2D eigenvalue weighted by Gasteiger charge is -2.50. The second-order valence-corrected chi connectivity index (χ2v) is 12.7. The van der Waals surface area contributed by atoms with Crippen LogP contribution in [0.2, 0.25) is 0 Å². The number of aliphatic hydroxyl groups excluding tert-OH is 12. The average molecular weight is 719 g/mol. The highest BCUT2D eigenvalue weighted by atomic mass is 16.8. The van der Waals surface area contributed by atoms with Crippen molar-refractivity contribution in [1.29, 1.82) is 0 Å². The molecule has 0 aromatic rings. The molecule has 22 nitrogen and oxygen atoms in total. The Labute approximate surface area is 276 Å². The van der Waals surface area contributed by atoms with E-state index in [1.165, 1.54) is 0 Å². The lowest BCUT2D eigenvalue weighted by atomic mass is 9.87. The van der Waals surface area contributed by atoms with E-state index in [0.717, 1.165) is 0 Å². The minimum absolute atomic E-state index is 0.0690. The summed E-state index contributed by atoms with van der Waals surface area (Å²) in [4.78, 5) is 13.3. The van der Waals surface area contributed by atoms with Crippen molar-refractivity contribution in [1.82, 2.24) is 0 Å². The fraction of sp³-hybridized carbons (Fsp3) is 0.963.